The SMILES string of the molecule is CC(=O)C1C(=O)Sc2ccccc21. The van der Waals surface area contributed by atoms with Gasteiger partial charge in [0.25, 0.3) is 0 Å². The summed E-state index contributed by atoms with van der Waals surface area (Å²) in [5, 5.41) is -0.0475. The highest BCUT2D eigenvalue weighted by Crippen LogP contribution is 2.40. The summed E-state index contributed by atoms with van der Waals surface area (Å²) in [7, 11) is 0. The zero-order chi connectivity index (χ0) is 9.42. The highest BCUT2D eigenvalue weighted by Gasteiger charge is 2.34. The molecule has 0 spiro atoms. The topological polar surface area (TPSA) is 34.1 Å². The summed E-state index contributed by atoms with van der Waals surface area (Å²) in [4.78, 5) is 23.5. The number of benzene rings is 1. The lowest BCUT2D eigenvalue weighted by atomic mass is 9.97. The van der Waals surface area contributed by atoms with Crippen LogP contribution in [0.15, 0.2) is 29.2 Å². The fourth-order valence-corrected chi connectivity index (χ4v) is 2.57. The number of carbonyl (C=O) groups is 2. The Hall–Kier alpha value is -1.09. The second-order valence-corrected chi connectivity index (χ2v) is 4.05. The molecule has 1 aliphatic heterocycles. The maximum Gasteiger partial charge on any atom is 0.208 e. The number of hydrogen-bond acceptors (Lipinski definition) is 3. The molecule has 1 aromatic carbocycles. The summed E-state index contributed by atoms with van der Waals surface area (Å²) in [6.07, 6.45) is 0. The van der Waals surface area contributed by atoms with Crippen LogP contribution in [0.2, 0.25) is 0 Å². The van der Waals surface area contributed by atoms with Gasteiger partial charge in [0.2, 0.25) is 5.12 Å². The lowest BCUT2D eigenvalue weighted by Gasteiger charge is -2.02. The smallest absolute Gasteiger partial charge is 0.208 e. The Labute approximate surface area is 80.3 Å². The molecule has 1 atom stereocenters. The van der Waals surface area contributed by atoms with Gasteiger partial charge in [0.1, 0.15) is 11.7 Å². The Morgan fingerprint density at radius 3 is 2.77 bits per heavy atom. The number of carbonyl (C=O) groups excluding carboxylic acids is 2. The van der Waals surface area contributed by atoms with E-state index in [0.717, 1.165) is 10.5 Å². The molecule has 13 heavy (non-hydrogen) atoms. The predicted octanol–water partition coefficient (Wildman–Crippen LogP) is 1.99. The van der Waals surface area contributed by atoms with Crippen molar-refractivity contribution in [3.05, 3.63) is 29.8 Å². The van der Waals surface area contributed by atoms with Crippen molar-refractivity contribution in [3.8, 4) is 0 Å². The molecular formula is C10H8O2S. The molecule has 0 radical (unpaired) electrons. The Kier molecular flexibility index (Phi) is 1.96. The standard InChI is InChI=1S/C10H8O2S/c1-6(11)9-7-4-2-3-5-8(7)13-10(9)12/h2-5,9H,1H3. The van der Waals surface area contributed by atoms with Crippen LogP contribution in [0.3, 0.4) is 0 Å². The van der Waals surface area contributed by atoms with Crippen LogP contribution in [0.1, 0.15) is 18.4 Å². The fraction of sp³-hybridized carbons (Fsp3) is 0.200. The molecule has 0 N–H and O–H groups in total. The molecule has 2 nitrogen and oxygen atoms in total. The van der Waals surface area contributed by atoms with Crippen molar-refractivity contribution < 1.29 is 9.59 Å². The molecule has 0 saturated heterocycles. The fourth-order valence-electron chi connectivity index (χ4n) is 1.49. The van der Waals surface area contributed by atoms with Crippen molar-refractivity contribution in [2.75, 3.05) is 0 Å². The molecule has 66 valence electrons. The lowest BCUT2D eigenvalue weighted by Crippen LogP contribution is -2.12. The first-order valence-corrected chi connectivity index (χ1v) is 4.83. The highest BCUT2D eigenvalue weighted by molar-refractivity contribution is 8.14. The van der Waals surface area contributed by atoms with E-state index in [1.807, 2.05) is 24.3 Å². The van der Waals surface area contributed by atoms with Crippen molar-refractivity contribution >= 4 is 22.7 Å². The first-order chi connectivity index (χ1) is 6.20. The van der Waals surface area contributed by atoms with E-state index in [0.29, 0.717) is 0 Å². The normalized spacial score (nSPS) is 20.1. The van der Waals surface area contributed by atoms with E-state index < -0.39 is 5.92 Å². The van der Waals surface area contributed by atoms with Gasteiger partial charge in [0.05, 0.1) is 0 Å². The van der Waals surface area contributed by atoms with Crippen LogP contribution in [-0.2, 0) is 9.59 Å². The molecule has 1 unspecified atom stereocenters. The zero-order valence-corrected chi connectivity index (χ0v) is 7.93. The van der Waals surface area contributed by atoms with Gasteiger partial charge in [-0.3, -0.25) is 9.59 Å². The van der Waals surface area contributed by atoms with Crippen molar-refractivity contribution in [2.45, 2.75) is 17.7 Å². The summed E-state index contributed by atoms with van der Waals surface area (Å²) in [5.41, 5.74) is 0.866. The average Bonchev–Trinajstić information content (AvgIpc) is 2.39. The molecule has 0 aromatic heterocycles. The minimum atomic E-state index is -0.527. The van der Waals surface area contributed by atoms with E-state index in [1.54, 1.807) is 0 Å². The van der Waals surface area contributed by atoms with Crippen LogP contribution in [0.25, 0.3) is 0 Å². The molecule has 1 aromatic rings. The van der Waals surface area contributed by atoms with E-state index in [9.17, 15) is 9.59 Å². The lowest BCUT2D eigenvalue weighted by molar-refractivity contribution is -0.123. The minimum absolute atomic E-state index is 0.0475. The van der Waals surface area contributed by atoms with Crippen LogP contribution >= 0.6 is 11.8 Å². The van der Waals surface area contributed by atoms with Crippen LogP contribution in [0.4, 0.5) is 0 Å². The number of rotatable bonds is 1. The third-order valence-corrected chi connectivity index (χ3v) is 3.11. The molecule has 2 rings (SSSR count). The third kappa shape index (κ3) is 1.29. The number of ketones is 1. The van der Waals surface area contributed by atoms with Gasteiger partial charge >= 0.3 is 0 Å². The van der Waals surface area contributed by atoms with Crippen molar-refractivity contribution in [3.63, 3.8) is 0 Å². The van der Waals surface area contributed by atoms with Gasteiger partial charge in [-0.15, -0.1) is 0 Å². The summed E-state index contributed by atoms with van der Waals surface area (Å²) in [6, 6.07) is 7.45. The number of Topliss-reactive ketones (excluding diaryl/α,β-unsaturated/α-hetero) is 1. The second-order valence-electron chi connectivity index (χ2n) is 3.00. The minimum Gasteiger partial charge on any atom is -0.299 e. The Morgan fingerprint density at radius 1 is 1.38 bits per heavy atom. The number of fused-ring (bicyclic) bond motifs is 1. The van der Waals surface area contributed by atoms with Crippen LogP contribution in [-0.4, -0.2) is 10.9 Å². The Bertz CT molecular complexity index is 384. The molecule has 0 fully saturated rings. The molecule has 1 heterocycles. The zero-order valence-electron chi connectivity index (χ0n) is 7.11. The van der Waals surface area contributed by atoms with Gasteiger partial charge in [-0.2, -0.15) is 0 Å². The van der Waals surface area contributed by atoms with Gasteiger partial charge < -0.3 is 0 Å². The van der Waals surface area contributed by atoms with Gasteiger partial charge in [0.15, 0.2) is 0 Å². The monoisotopic (exact) mass is 192 g/mol. The van der Waals surface area contributed by atoms with E-state index in [-0.39, 0.29) is 10.9 Å². The second kappa shape index (κ2) is 3.00. The number of thioether (sulfide) groups is 1. The molecule has 0 saturated carbocycles. The average molecular weight is 192 g/mol. The molecule has 0 bridgehead atoms. The third-order valence-electron chi connectivity index (χ3n) is 2.08. The van der Waals surface area contributed by atoms with Gasteiger partial charge in [-0.1, -0.05) is 30.0 Å². The quantitative estimate of drug-likeness (QED) is 0.638. The van der Waals surface area contributed by atoms with E-state index in [4.69, 9.17) is 0 Å². The van der Waals surface area contributed by atoms with Crippen molar-refractivity contribution in [2.24, 2.45) is 0 Å². The first kappa shape index (κ1) is 8.51. The molecule has 1 aliphatic rings. The van der Waals surface area contributed by atoms with E-state index in [1.165, 1.54) is 18.7 Å². The molecule has 0 amide bonds. The van der Waals surface area contributed by atoms with Crippen molar-refractivity contribution in [1.82, 2.24) is 0 Å². The molecule has 0 aliphatic carbocycles. The summed E-state index contributed by atoms with van der Waals surface area (Å²) < 4.78 is 0. The summed E-state index contributed by atoms with van der Waals surface area (Å²) in [6.45, 7) is 1.46. The predicted molar refractivity (Wildman–Crippen MR) is 50.7 cm³/mol. The Balaban J connectivity index is 2.52. The molecular weight excluding hydrogens is 184 g/mol. The maximum atomic E-state index is 11.4. The summed E-state index contributed by atoms with van der Waals surface area (Å²) >= 11 is 1.17. The highest BCUT2D eigenvalue weighted by atomic mass is 32.2. The van der Waals surface area contributed by atoms with Crippen LogP contribution < -0.4 is 0 Å². The van der Waals surface area contributed by atoms with Gasteiger partial charge in [-0.25, -0.2) is 0 Å². The first-order valence-electron chi connectivity index (χ1n) is 4.01. The van der Waals surface area contributed by atoms with Gasteiger partial charge in [-0.05, 0) is 18.6 Å². The Morgan fingerprint density at radius 2 is 2.08 bits per heavy atom. The van der Waals surface area contributed by atoms with Gasteiger partial charge in [0, 0.05) is 4.90 Å². The van der Waals surface area contributed by atoms with Crippen LogP contribution in [0, 0.1) is 0 Å². The largest absolute Gasteiger partial charge is 0.299 e. The molecule has 3 heteroatoms. The maximum absolute atomic E-state index is 11.4. The summed E-state index contributed by atoms with van der Waals surface area (Å²) in [5.74, 6) is -0.594. The van der Waals surface area contributed by atoms with E-state index >= 15 is 0 Å². The van der Waals surface area contributed by atoms with E-state index in [2.05, 4.69) is 0 Å². The van der Waals surface area contributed by atoms with Crippen molar-refractivity contribution in [1.29, 1.82) is 0 Å². The van der Waals surface area contributed by atoms with Crippen LogP contribution in [0.5, 0.6) is 0 Å². The number of hydrogen-bond donors (Lipinski definition) is 0.